The van der Waals surface area contributed by atoms with Crippen molar-refractivity contribution in [3.63, 3.8) is 0 Å². The average molecular weight is 302 g/mol. The molecule has 20 heavy (non-hydrogen) atoms. The van der Waals surface area contributed by atoms with Crippen LogP contribution in [0.3, 0.4) is 0 Å². The first-order chi connectivity index (χ1) is 9.41. The molecule has 2 rings (SSSR count). The molecule has 6 heteroatoms. The summed E-state index contributed by atoms with van der Waals surface area (Å²) in [6, 6.07) is 9.44. The predicted molar refractivity (Wildman–Crippen MR) is 70.9 cm³/mol. The normalized spacial score (nSPS) is 11.4. The maximum absolute atomic E-state index is 12.4. The largest absolute Gasteiger partial charge is 0.457 e. The van der Waals surface area contributed by atoms with Crippen LogP contribution in [0, 0.1) is 0 Å². The molecule has 0 radical (unpaired) electrons. The first-order valence-corrected chi connectivity index (χ1v) is 6.12. The second kappa shape index (κ2) is 5.73. The van der Waals surface area contributed by atoms with E-state index in [-0.39, 0.29) is 12.3 Å². The fourth-order valence-corrected chi connectivity index (χ4v) is 1.91. The van der Waals surface area contributed by atoms with Crippen LogP contribution in [-0.4, -0.2) is 0 Å². The summed E-state index contributed by atoms with van der Waals surface area (Å²) < 4.78 is 42.8. The van der Waals surface area contributed by atoms with Crippen molar-refractivity contribution < 1.29 is 17.9 Å². The number of rotatable bonds is 3. The van der Waals surface area contributed by atoms with Gasteiger partial charge in [-0.05, 0) is 36.4 Å². The zero-order valence-electron chi connectivity index (χ0n) is 10.2. The van der Waals surface area contributed by atoms with Crippen LogP contribution in [0.25, 0.3) is 0 Å². The van der Waals surface area contributed by atoms with Gasteiger partial charge in [0.25, 0.3) is 0 Å². The third kappa shape index (κ3) is 3.23. The molecule has 2 aromatic carbocycles. The molecular formula is C14H11ClF3NO. The quantitative estimate of drug-likeness (QED) is 0.898. The van der Waals surface area contributed by atoms with E-state index in [1.54, 1.807) is 18.2 Å². The molecular weight excluding hydrogens is 291 g/mol. The lowest BCUT2D eigenvalue weighted by Gasteiger charge is -2.12. The Labute approximate surface area is 118 Å². The molecule has 2 N–H and O–H groups in total. The molecule has 2 aromatic rings. The summed E-state index contributed by atoms with van der Waals surface area (Å²) in [7, 11) is 0. The zero-order chi connectivity index (χ0) is 14.8. The van der Waals surface area contributed by atoms with Crippen LogP contribution in [0.4, 0.5) is 13.2 Å². The van der Waals surface area contributed by atoms with Gasteiger partial charge in [0.1, 0.15) is 11.5 Å². The van der Waals surface area contributed by atoms with E-state index in [2.05, 4.69) is 0 Å². The standard InChI is InChI=1S/C14H11ClF3NO/c15-12-2-1-3-13(11(12)8-19)20-10-6-4-9(5-7-10)14(16,17)18/h1-7H,8,19H2. The maximum atomic E-state index is 12.4. The summed E-state index contributed by atoms with van der Waals surface area (Å²) >= 11 is 5.97. The molecule has 0 bridgehead atoms. The smallest absolute Gasteiger partial charge is 0.416 e. The van der Waals surface area contributed by atoms with Crippen LogP contribution in [0.1, 0.15) is 11.1 Å². The topological polar surface area (TPSA) is 35.2 Å². The van der Waals surface area contributed by atoms with Gasteiger partial charge in [-0.25, -0.2) is 0 Å². The highest BCUT2D eigenvalue weighted by atomic mass is 35.5. The van der Waals surface area contributed by atoms with Crippen LogP contribution in [0.15, 0.2) is 42.5 Å². The van der Waals surface area contributed by atoms with Gasteiger partial charge in [0.05, 0.1) is 5.56 Å². The third-order valence-corrected chi connectivity index (χ3v) is 3.04. The Morgan fingerprint density at radius 3 is 2.25 bits per heavy atom. The van der Waals surface area contributed by atoms with Gasteiger partial charge in [0, 0.05) is 17.1 Å². The molecule has 0 aliphatic rings. The highest BCUT2D eigenvalue weighted by molar-refractivity contribution is 6.31. The Morgan fingerprint density at radius 2 is 1.70 bits per heavy atom. The second-order valence-corrected chi connectivity index (χ2v) is 4.45. The minimum Gasteiger partial charge on any atom is -0.457 e. The first-order valence-electron chi connectivity index (χ1n) is 5.74. The molecule has 2 nitrogen and oxygen atoms in total. The molecule has 0 fully saturated rings. The fourth-order valence-electron chi connectivity index (χ4n) is 1.67. The number of alkyl halides is 3. The number of ether oxygens (including phenoxy) is 1. The van der Waals surface area contributed by atoms with E-state index in [1.165, 1.54) is 12.1 Å². The minimum absolute atomic E-state index is 0.176. The second-order valence-electron chi connectivity index (χ2n) is 4.04. The van der Waals surface area contributed by atoms with Gasteiger partial charge in [-0.15, -0.1) is 0 Å². The van der Waals surface area contributed by atoms with Gasteiger partial charge < -0.3 is 10.5 Å². The fraction of sp³-hybridized carbons (Fsp3) is 0.143. The molecule has 106 valence electrons. The number of nitrogens with two attached hydrogens (primary N) is 1. The van der Waals surface area contributed by atoms with E-state index in [0.29, 0.717) is 16.3 Å². The Morgan fingerprint density at radius 1 is 1.05 bits per heavy atom. The van der Waals surface area contributed by atoms with Gasteiger partial charge in [-0.1, -0.05) is 17.7 Å². The van der Waals surface area contributed by atoms with Crippen molar-refractivity contribution >= 4 is 11.6 Å². The summed E-state index contributed by atoms with van der Waals surface area (Å²) in [6.45, 7) is 0.176. The summed E-state index contributed by atoms with van der Waals surface area (Å²) in [5.74, 6) is 0.717. The van der Waals surface area contributed by atoms with Crippen LogP contribution in [-0.2, 0) is 12.7 Å². The average Bonchev–Trinajstić information content (AvgIpc) is 2.38. The van der Waals surface area contributed by atoms with E-state index < -0.39 is 11.7 Å². The van der Waals surface area contributed by atoms with Gasteiger partial charge in [0.2, 0.25) is 0 Å². The van der Waals surface area contributed by atoms with Crippen molar-refractivity contribution in [2.24, 2.45) is 5.73 Å². The molecule has 0 spiro atoms. The zero-order valence-corrected chi connectivity index (χ0v) is 11.0. The lowest BCUT2D eigenvalue weighted by atomic mass is 10.2. The molecule has 0 saturated carbocycles. The molecule has 0 unspecified atom stereocenters. The molecule has 0 amide bonds. The van der Waals surface area contributed by atoms with E-state index in [0.717, 1.165) is 12.1 Å². The molecule has 0 aliphatic carbocycles. The van der Waals surface area contributed by atoms with Gasteiger partial charge >= 0.3 is 6.18 Å². The van der Waals surface area contributed by atoms with Crippen molar-refractivity contribution in [1.82, 2.24) is 0 Å². The van der Waals surface area contributed by atoms with E-state index in [1.807, 2.05) is 0 Å². The van der Waals surface area contributed by atoms with Crippen molar-refractivity contribution in [3.8, 4) is 11.5 Å². The first kappa shape index (κ1) is 14.7. The van der Waals surface area contributed by atoms with E-state index >= 15 is 0 Å². The SMILES string of the molecule is NCc1c(Cl)cccc1Oc1ccc(C(F)(F)F)cc1. The van der Waals surface area contributed by atoms with Crippen LogP contribution in [0.5, 0.6) is 11.5 Å². The summed E-state index contributed by atoms with van der Waals surface area (Å²) in [6.07, 6.45) is -4.36. The highest BCUT2D eigenvalue weighted by Crippen LogP contribution is 2.33. The number of hydrogen-bond acceptors (Lipinski definition) is 2. The Hall–Kier alpha value is -1.72. The van der Waals surface area contributed by atoms with Crippen molar-refractivity contribution in [3.05, 3.63) is 58.6 Å². The molecule has 0 aromatic heterocycles. The molecule has 0 aliphatic heterocycles. The van der Waals surface area contributed by atoms with Crippen molar-refractivity contribution in [1.29, 1.82) is 0 Å². The van der Waals surface area contributed by atoms with Gasteiger partial charge in [-0.2, -0.15) is 13.2 Å². The van der Waals surface area contributed by atoms with Gasteiger partial charge in [-0.3, -0.25) is 0 Å². The summed E-state index contributed by atoms with van der Waals surface area (Å²) in [5, 5.41) is 0.455. The van der Waals surface area contributed by atoms with Crippen LogP contribution in [0.2, 0.25) is 5.02 Å². The molecule has 0 atom stereocenters. The number of hydrogen-bond donors (Lipinski definition) is 1. The van der Waals surface area contributed by atoms with Crippen molar-refractivity contribution in [2.75, 3.05) is 0 Å². The van der Waals surface area contributed by atoms with Crippen LogP contribution >= 0.6 is 11.6 Å². The maximum Gasteiger partial charge on any atom is 0.416 e. The van der Waals surface area contributed by atoms with Crippen LogP contribution < -0.4 is 10.5 Å². The monoisotopic (exact) mass is 301 g/mol. The van der Waals surface area contributed by atoms with Crippen molar-refractivity contribution in [2.45, 2.75) is 12.7 Å². The Bertz CT molecular complexity index is 596. The summed E-state index contributed by atoms with van der Waals surface area (Å²) in [4.78, 5) is 0. The van der Waals surface area contributed by atoms with E-state index in [9.17, 15) is 13.2 Å². The van der Waals surface area contributed by atoms with E-state index in [4.69, 9.17) is 22.1 Å². The Kier molecular flexibility index (Phi) is 4.20. The lowest BCUT2D eigenvalue weighted by molar-refractivity contribution is -0.137. The number of benzene rings is 2. The molecule has 0 saturated heterocycles. The minimum atomic E-state index is -4.36. The highest BCUT2D eigenvalue weighted by Gasteiger charge is 2.30. The predicted octanol–water partition coefficient (Wildman–Crippen LogP) is 4.61. The summed E-state index contributed by atoms with van der Waals surface area (Å²) in [5.41, 5.74) is 5.45. The Balaban J connectivity index is 2.25. The third-order valence-electron chi connectivity index (χ3n) is 2.69. The van der Waals surface area contributed by atoms with Gasteiger partial charge in [0.15, 0.2) is 0 Å². The lowest BCUT2D eigenvalue weighted by Crippen LogP contribution is -2.04. The number of halogens is 4. The molecule has 0 heterocycles.